The van der Waals surface area contributed by atoms with Gasteiger partial charge in [-0.05, 0) is 72.1 Å². The third-order valence-corrected chi connectivity index (χ3v) is 7.37. The molecule has 236 valence electrons. The minimum Gasteiger partial charge on any atom is -0.661 e. The number of amidine groups is 1. The number of hydrogen-bond donors (Lipinski definition) is 2. The molecule has 0 spiro atoms. The number of carboxylic acid groups (broad SMARTS) is 1. The molecule has 45 heavy (non-hydrogen) atoms. The number of aromatic hydroxyl groups is 1. The topological polar surface area (TPSA) is 96.5 Å². The number of ether oxygens (including phenoxy) is 1. The fraction of sp³-hybridized carbons (Fsp3) is 0.212. The first kappa shape index (κ1) is 33.6. The van der Waals surface area contributed by atoms with E-state index in [1.807, 2.05) is 12.1 Å². The molecule has 2 atom stereocenters. The lowest BCUT2D eigenvalue weighted by Gasteiger charge is -2.27. The minimum atomic E-state index is -4.59. The highest BCUT2D eigenvalue weighted by molar-refractivity contribution is 6.30. The third kappa shape index (κ3) is 8.08. The van der Waals surface area contributed by atoms with Gasteiger partial charge < -0.3 is 20.3 Å². The van der Waals surface area contributed by atoms with E-state index in [1.165, 1.54) is 6.07 Å². The maximum absolute atomic E-state index is 13.3. The first-order chi connectivity index (χ1) is 21.4. The van der Waals surface area contributed by atoms with Crippen LogP contribution in [0.4, 0.5) is 18.0 Å². The lowest BCUT2D eigenvalue weighted by molar-refractivity contribution is -0.137. The highest BCUT2D eigenvalue weighted by atomic mass is 35.5. The van der Waals surface area contributed by atoms with E-state index in [2.05, 4.69) is 5.32 Å². The Balaban J connectivity index is 0.000000392. The van der Waals surface area contributed by atoms with E-state index in [9.17, 15) is 28.2 Å². The number of amides is 1. The molecule has 0 saturated carbocycles. The van der Waals surface area contributed by atoms with Crippen LogP contribution in [0.2, 0.25) is 10.0 Å². The molecule has 1 aliphatic rings. The SMILES string of the molecule is CCOc1cc(C(F)(F)F)ccc1C1=NC(c2ccc(Cl)cc2)C(c2ccc(Cl)cc2)N1C(=O)O.C[N-]Cc1ccccc1O. The predicted octanol–water partition coefficient (Wildman–Crippen LogP) is 9.53. The van der Waals surface area contributed by atoms with Crippen LogP contribution in [0.5, 0.6) is 11.5 Å². The molecule has 0 fully saturated rings. The molecule has 1 amide bonds. The maximum atomic E-state index is 13.3. The Labute approximate surface area is 268 Å². The Hall–Kier alpha value is -4.25. The molecular formula is C33H29Cl2F3N3O4-. The number of carbonyl (C=O) groups is 1. The Bertz CT molecular complexity index is 1650. The van der Waals surface area contributed by atoms with E-state index < -0.39 is 29.9 Å². The van der Waals surface area contributed by atoms with Crippen LogP contribution < -0.4 is 4.74 Å². The van der Waals surface area contributed by atoms with E-state index in [1.54, 1.807) is 74.6 Å². The summed E-state index contributed by atoms with van der Waals surface area (Å²) in [5.74, 6) is 0.196. The van der Waals surface area contributed by atoms with Crippen LogP contribution in [-0.4, -0.2) is 40.7 Å². The van der Waals surface area contributed by atoms with Gasteiger partial charge in [0, 0.05) is 10.0 Å². The van der Waals surface area contributed by atoms with Crippen LogP contribution in [0.15, 0.2) is 96.0 Å². The number of alkyl halides is 3. The van der Waals surface area contributed by atoms with Crippen LogP contribution in [0.3, 0.4) is 0 Å². The van der Waals surface area contributed by atoms with Gasteiger partial charge >= 0.3 is 12.3 Å². The second-order valence-corrected chi connectivity index (χ2v) is 10.7. The largest absolute Gasteiger partial charge is 0.661 e. The van der Waals surface area contributed by atoms with E-state index in [0.29, 0.717) is 33.5 Å². The van der Waals surface area contributed by atoms with Crippen LogP contribution in [-0.2, 0) is 12.7 Å². The Morgan fingerprint density at radius 1 is 0.956 bits per heavy atom. The summed E-state index contributed by atoms with van der Waals surface area (Å²) in [5, 5.41) is 24.3. The van der Waals surface area contributed by atoms with Crippen LogP contribution in [0.25, 0.3) is 5.32 Å². The highest BCUT2D eigenvalue weighted by Gasteiger charge is 2.43. The summed E-state index contributed by atoms with van der Waals surface area (Å²) in [6.45, 7) is 2.30. The van der Waals surface area contributed by atoms with Gasteiger partial charge in [-0.15, -0.1) is 6.54 Å². The third-order valence-electron chi connectivity index (χ3n) is 6.87. The van der Waals surface area contributed by atoms with E-state index >= 15 is 0 Å². The smallest absolute Gasteiger partial charge is 0.416 e. The van der Waals surface area contributed by atoms with E-state index in [4.69, 9.17) is 32.9 Å². The van der Waals surface area contributed by atoms with Gasteiger partial charge in [0.15, 0.2) is 0 Å². The molecular weight excluding hydrogens is 630 g/mol. The van der Waals surface area contributed by atoms with Crippen molar-refractivity contribution < 1.29 is 32.9 Å². The predicted molar refractivity (Wildman–Crippen MR) is 168 cm³/mol. The molecule has 0 aliphatic carbocycles. The van der Waals surface area contributed by atoms with Crippen molar-refractivity contribution in [2.75, 3.05) is 13.7 Å². The average Bonchev–Trinajstić information content (AvgIpc) is 3.40. The summed E-state index contributed by atoms with van der Waals surface area (Å²) in [7, 11) is 1.73. The zero-order valence-corrected chi connectivity index (χ0v) is 25.7. The first-order valence-corrected chi connectivity index (χ1v) is 14.5. The van der Waals surface area contributed by atoms with Gasteiger partial charge in [0.25, 0.3) is 0 Å². The molecule has 1 aliphatic heterocycles. The lowest BCUT2D eigenvalue weighted by atomic mass is 9.94. The highest BCUT2D eigenvalue weighted by Crippen LogP contribution is 2.45. The zero-order valence-electron chi connectivity index (χ0n) is 24.2. The van der Waals surface area contributed by atoms with Crippen LogP contribution in [0.1, 0.15) is 46.8 Å². The number of rotatable bonds is 7. The molecule has 5 rings (SSSR count). The molecule has 0 bridgehead atoms. The van der Waals surface area contributed by atoms with Crippen molar-refractivity contribution in [2.45, 2.75) is 31.7 Å². The van der Waals surface area contributed by atoms with Crippen molar-refractivity contribution in [1.29, 1.82) is 0 Å². The lowest BCUT2D eigenvalue weighted by Crippen LogP contribution is -2.37. The molecule has 2 unspecified atom stereocenters. The number of halogens is 5. The summed E-state index contributed by atoms with van der Waals surface area (Å²) in [4.78, 5) is 18.3. The first-order valence-electron chi connectivity index (χ1n) is 13.7. The molecule has 12 heteroatoms. The summed E-state index contributed by atoms with van der Waals surface area (Å²) < 4.78 is 45.5. The quantitative estimate of drug-likeness (QED) is 0.207. The molecule has 4 aromatic carbocycles. The number of benzene rings is 4. The second kappa shape index (κ2) is 14.7. The number of nitrogens with zero attached hydrogens (tertiary/aromatic N) is 3. The molecule has 2 N–H and O–H groups in total. The number of aliphatic imine (C=N–C) groups is 1. The van der Waals surface area contributed by atoms with Gasteiger partial charge in [0.2, 0.25) is 0 Å². The Kier molecular flexibility index (Phi) is 11.0. The molecule has 0 saturated heterocycles. The molecule has 7 nitrogen and oxygen atoms in total. The monoisotopic (exact) mass is 658 g/mol. The fourth-order valence-electron chi connectivity index (χ4n) is 4.83. The molecule has 0 aromatic heterocycles. The van der Waals surface area contributed by atoms with Crippen molar-refractivity contribution in [3.05, 3.63) is 134 Å². The molecule has 1 heterocycles. The normalized spacial score (nSPS) is 16.1. The number of hydrogen-bond acceptors (Lipinski definition) is 4. The van der Waals surface area contributed by atoms with Gasteiger partial charge in [-0.2, -0.15) is 20.2 Å². The number of para-hydroxylation sites is 1. The van der Waals surface area contributed by atoms with Crippen LogP contribution >= 0.6 is 23.2 Å². The van der Waals surface area contributed by atoms with Crippen LogP contribution in [0, 0.1) is 0 Å². The Morgan fingerprint density at radius 3 is 2.09 bits per heavy atom. The summed E-state index contributed by atoms with van der Waals surface area (Å²) in [6, 6.07) is 22.1. The van der Waals surface area contributed by atoms with E-state index in [0.717, 1.165) is 22.6 Å². The van der Waals surface area contributed by atoms with Gasteiger partial charge in [0.05, 0.1) is 23.8 Å². The average molecular weight is 660 g/mol. The number of phenolic OH excluding ortho intramolecular Hbond substituents is 1. The fourth-order valence-corrected chi connectivity index (χ4v) is 5.08. The molecule has 0 radical (unpaired) electrons. The van der Waals surface area contributed by atoms with Gasteiger partial charge in [-0.3, -0.25) is 9.89 Å². The maximum Gasteiger partial charge on any atom is 0.416 e. The van der Waals surface area contributed by atoms with Gasteiger partial charge in [-0.1, -0.05) is 65.7 Å². The van der Waals surface area contributed by atoms with Crippen molar-refractivity contribution in [1.82, 2.24) is 4.90 Å². The summed E-state index contributed by atoms with van der Waals surface area (Å²) >= 11 is 12.1. The Morgan fingerprint density at radius 2 is 1.56 bits per heavy atom. The molecule has 4 aromatic rings. The van der Waals surface area contributed by atoms with Gasteiger partial charge in [-0.25, -0.2) is 4.79 Å². The van der Waals surface area contributed by atoms with Gasteiger partial charge in [0.1, 0.15) is 23.4 Å². The zero-order chi connectivity index (χ0) is 32.7. The number of phenols is 1. The second-order valence-electron chi connectivity index (χ2n) is 9.84. The van der Waals surface area contributed by atoms with E-state index in [-0.39, 0.29) is 23.8 Å². The van der Waals surface area contributed by atoms with Crippen molar-refractivity contribution in [3.63, 3.8) is 0 Å². The summed E-state index contributed by atoms with van der Waals surface area (Å²) in [5.41, 5.74) is 1.40. The standard InChI is InChI=1S/C25H19Cl2F3N2O3.C8H10NO/c1-2-35-20-13-16(25(28,29)30)7-12-19(20)23-31-21(14-3-8-17(26)9-4-14)22(32(23)24(33)34)15-5-10-18(27)11-6-15;1-9-6-7-4-2-3-5-8(7)10/h3-13,21-22H,2H2,1H3,(H,33,34);2-5,10H,6H2,1H3/q;-1. The van der Waals surface area contributed by atoms with Crippen molar-refractivity contribution in [2.24, 2.45) is 4.99 Å². The van der Waals surface area contributed by atoms with Crippen molar-refractivity contribution >= 4 is 35.1 Å². The van der Waals surface area contributed by atoms with Crippen molar-refractivity contribution in [3.8, 4) is 11.5 Å². The minimum absolute atomic E-state index is 0.0189. The summed E-state index contributed by atoms with van der Waals surface area (Å²) in [6.07, 6.45) is -5.91.